The summed E-state index contributed by atoms with van der Waals surface area (Å²) in [6, 6.07) is 10.2. The number of ether oxygens (including phenoxy) is 1. The molecule has 0 unspecified atom stereocenters. The van der Waals surface area contributed by atoms with E-state index in [1.165, 1.54) is 5.56 Å². The van der Waals surface area contributed by atoms with Crippen LogP contribution in [0.4, 0.5) is 4.79 Å². The number of amides is 1. The van der Waals surface area contributed by atoms with Crippen LogP contribution in [0.2, 0.25) is 0 Å². The molecule has 1 aromatic heterocycles. The van der Waals surface area contributed by atoms with Gasteiger partial charge >= 0.3 is 12.1 Å². The molecule has 5 nitrogen and oxygen atoms in total. The van der Waals surface area contributed by atoms with Gasteiger partial charge in [-0.15, -0.1) is 0 Å². The number of carbonyl (C=O) groups is 1. The van der Waals surface area contributed by atoms with Gasteiger partial charge in [-0.05, 0) is 17.5 Å². The minimum atomic E-state index is -0.368. The minimum Gasteiger partial charge on any atom is -0.374 e. The van der Waals surface area contributed by atoms with Crippen molar-refractivity contribution in [3.63, 3.8) is 0 Å². The Morgan fingerprint density at radius 1 is 1.10 bits per heavy atom. The molecule has 0 saturated carbocycles. The maximum absolute atomic E-state index is 11.6. The molecule has 0 bridgehead atoms. The van der Waals surface area contributed by atoms with E-state index < -0.39 is 0 Å². The molecular formula is C15H15N3O2. The monoisotopic (exact) mass is 269 g/mol. The second kappa shape index (κ2) is 5.69. The normalized spacial score (nSPS) is 13.7. The number of likely N-dealkylation sites (tertiary alicyclic amines) is 1. The molecule has 20 heavy (non-hydrogen) atoms. The molecule has 1 saturated heterocycles. The fourth-order valence-electron chi connectivity index (χ4n) is 1.96. The van der Waals surface area contributed by atoms with Crippen LogP contribution in [-0.4, -0.2) is 34.1 Å². The molecule has 1 aliphatic rings. The third-order valence-electron chi connectivity index (χ3n) is 3.23. The molecule has 0 spiro atoms. The van der Waals surface area contributed by atoms with Gasteiger partial charge in [0.1, 0.15) is 0 Å². The van der Waals surface area contributed by atoms with E-state index in [1.807, 2.05) is 18.2 Å². The highest BCUT2D eigenvalue weighted by atomic mass is 16.6. The topological polar surface area (TPSA) is 55.3 Å². The summed E-state index contributed by atoms with van der Waals surface area (Å²) in [5, 5.41) is 0. The third-order valence-corrected chi connectivity index (χ3v) is 3.23. The van der Waals surface area contributed by atoms with Crippen molar-refractivity contribution in [2.75, 3.05) is 13.1 Å². The highest BCUT2D eigenvalue weighted by Gasteiger charge is 2.22. The molecule has 2 aromatic rings. The zero-order valence-corrected chi connectivity index (χ0v) is 11.0. The Hall–Kier alpha value is -2.43. The summed E-state index contributed by atoms with van der Waals surface area (Å²) < 4.78 is 5.09. The van der Waals surface area contributed by atoms with Gasteiger partial charge in [0.15, 0.2) is 0 Å². The Morgan fingerprint density at radius 2 is 1.80 bits per heavy atom. The van der Waals surface area contributed by atoms with E-state index in [4.69, 9.17) is 4.74 Å². The number of nitrogens with zero attached hydrogens (tertiary/aromatic N) is 3. The summed E-state index contributed by atoms with van der Waals surface area (Å²) in [6.45, 7) is 1.51. The first-order chi connectivity index (χ1) is 9.81. The van der Waals surface area contributed by atoms with Gasteiger partial charge in [0, 0.05) is 31.9 Å². The molecule has 0 aliphatic carbocycles. The van der Waals surface area contributed by atoms with E-state index in [2.05, 4.69) is 22.1 Å². The predicted octanol–water partition coefficient (Wildman–Crippen LogP) is 2.27. The van der Waals surface area contributed by atoms with Crippen LogP contribution < -0.4 is 4.74 Å². The average molecular weight is 269 g/mol. The van der Waals surface area contributed by atoms with Crippen LogP contribution in [0, 0.1) is 0 Å². The molecule has 2 heterocycles. The predicted molar refractivity (Wildman–Crippen MR) is 73.5 cm³/mol. The van der Waals surface area contributed by atoms with Crippen molar-refractivity contribution in [2.45, 2.75) is 12.8 Å². The summed E-state index contributed by atoms with van der Waals surface area (Å²) in [7, 11) is 0. The van der Waals surface area contributed by atoms with Gasteiger partial charge in [0.2, 0.25) is 0 Å². The zero-order valence-electron chi connectivity index (χ0n) is 11.0. The zero-order chi connectivity index (χ0) is 13.8. The smallest absolute Gasteiger partial charge is 0.374 e. The van der Waals surface area contributed by atoms with Gasteiger partial charge in [-0.2, -0.15) is 0 Å². The second-order valence-corrected chi connectivity index (χ2v) is 4.74. The lowest BCUT2D eigenvalue weighted by Crippen LogP contribution is -2.43. The first-order valence-corrected chi connectivity index (χ1v) is 6.63. The Labute approximate surface area is 117 Å². The van der Waals surface area contributed by atoms with E-state index in [-0.39, 0.29) is 12.1 Å². The number of rotatable bonds is 3. The lowest BCUT2D eigenvalue weighted by atomic mass is 10.1. The van der Waals surface area contributed by atoms with E-state index >= 15 is 0 Å². The maximum atomic E-state index is 11.6. The number of hydrogen-bond donors (Lipinski definition) is 0. The molecule has 1 aliphatic heterocycles. The van der Waals surface area contributed by atoms with Crippen LogP contribution in [-0.2, 0) is 6.42 Å². The highest BCUT2D eigenvalue weighted by Crippen LogP contribution is 2.12. The van der Waals surface area contributed by atoms with Gasteiger partial charge in [0.05, 0.1) is 0 Å². The molecule has 0 N–H and O–H groups in total. The summed E-state index contributed by atoms with van der Waals surface area (Å²) in [6.07, 6.45) is 4.82. The molecule has 1 aromatic carbocycles. The van der Waals surface area contributed by atoms with Crippen LogP contribution in [0.5, 0.6) is 6.01 Å². The van der Waals surface area contributed by atoms with Crippen molar-refractivity contribution in [1.29, 1.82) is 0 Å². The fourth-order valence-corrected chi connectivity index (χ4v) is 1.96. The third kappa shape index (κ3) is 2.93. The number of benzene rings is 1. The SMILES string of the molecule is O=C(Oc1ncc(Cc2ccccc2)cn1)N1CCC1. The Balaban J connectivity index is 1.61. The van der Waals surface area contributed by atoms with Crippen LogP contribution in [0.3, 0.4) is 0 Å². The van der Waals surface area contributed by atoms with E-state index in [0.717, 1.165) is 31.5 Å². The summed E-state index contributed by atoms with van der Waals surface area (Å²) >= 11 is 0. The quantitative estimate of drug-likeness (QED) is 0.857. The molecule has 3 rings (SSSR count). The van der Waals surface area contributed by atoms with E-state index in [1.54, 1.807) is 17.3 Å². The molecule has 102 valence electrons. The van der Waals surface area contributed by atoms with E-state index in [0.29, 0.717) is 0 Å². The van der Waals surface area contributed by atoms with Crippen LogP contribution in [0.1, 0.15) is 17.5 Å². The number of aromatic nitrogens is 2. The first kappa shape index (κ1) is 12.6. The largest absolute Gasteiger partial charge is 0.417 e. The van der Waals surface area contributed by atoms with E-state index in [9.17, 15) is 4.79 Å². The lowest BCUT2D eigenvalue weighted by molar-refractivity contribution is 0.121. The lowest BCUT2D eigenvalue weighted by Gasteiger charge is -2.28. The van der Waals surface area contributed by atoms with Crippen LogP contribution in [0.25, 0.3) is 0 Å². The Bertz CT molecular complexity index is 580. The fraction of sp³-hybridized carbons (Fsp3) is 0.267. The average Bonchev–Trinajstić information content (AvgIpc) is 2.40. The van der Waals surface area contributed by atoms with Gasteiger partial charge < -0.3 is 9.64 Å². The molecule has 0 atom stereocenters. The summed E-state index contributed by atoms with van der Waals surface area (Å²) in [4.78, 5) is 21.4. The van der Waals surface area contributed by atoms with Crippen molar-refractivity contribution in [1.82, 2.24) is 14.9 Å². The summed E-state index contributed by atoms with van der Waals surface area (Å²) in [5.74, 6) is 0. The van der Waals surface area contributed by atoms with Crippen molar-refractivity contribution in [2.24, 2.45) is 0 Å². The van der Waals surface area contributed by atoms with Gasteiger partial charge in [-0.1, -0.05) is 30.3 Å². The molecule has 1 amide bonds. The van der Waals surface area contributed by atoms with Crippen LogP contribution in [0.15, 0.2) is 42.7 Å². The second-order valence-electron chi connectivity index (χ2n) is 4.74. The minimum absolute atomic E-state index is 0.110. The van der Waals surface area contributed by atoms with Crippen molar-refractivity contribution >= 4 is 6.09 Å². The molecule has 1 fully saturated rings. The summed E-state index contributed by atoms with van der Waals surface area (Å²) in [5.41, 5.74) is 2.18. The molecule has 0 radical (unpaired) electrons. The Morgan fingerprint density at radius 3 is 2.40 bits per heavy atom. The van der Waals surface area contributed by atoms with Gasteiger partial charge in [0.25, 0.3) is 0 Å². The number of hydrogen-bond acceptors (Lipinski definition) is 4. The van der Waals surface area contributed by atoms with Crippen molar-refractivity contribution in [3.8, 4) is 6.01 Å². The van der Waals surface area contributed by atoms with Gasteiger partial charge in [-0.3, -0.25) is 0 Å². The molecule has 5 heteroatoms. The highest BCUT2D eigenvalue weighted by molar-refractivity contribution is 5.70. The molecular weight excluding hydrogens is 254 g/mol. The van der Waals surface area contributed by atoms with Crippen molar-refractivity contribution in [3.05, 3.63) is 53.9 Å². The number of carbonyl (C=O) groups excluding carboxylic acids is 1. The van der Waals surface area contributed by atoms with Gasteiger partial charge in [-0.25, -0.2) is 14.8 Å². The standard InChI is InChI=1S/C15H15N3O2/c19-15(18-7-4-8-18)20-14-16-10-13(11-17-14)9-12-5-2-1-3-6-12/h1-3,5-6,10-11H,4,7-9H2. The van der Waals surface area contributed by atoms with Crippen molar-refractivity contribution < 1.29 is 9.53 Å². The first-order valence-electron chi connectivity index (χ1n) is 6.63. The van der Waals surface area contributed by atoms with Crippen LogP contribution >= 0.6 is 0 Å². The maximum Gasteiger partial charge on any atom is 0.417 e. The Kier molecular flexibility index (Phi) is 3.58.